The van der Waals surface area contributed by atoms with Crippen molar-refractivity contribution in [2.75, 3.05) is 6.61 Å². The molecule has 1 saturated carbocycles. The van der Waals surface area contributed by atoms with E-state index in [0.717, 1.165) is 16.7 Å². The molecule has 4 nitrogen and oxygen atoms in total. The second-order valence-electron chi connectivity index (χ2n) is 8.04. The van der Waals surface area contributed by atoms with Gasteiger partial charge in [0.1, 0.15) is 6.10 Å². The van der Waals surface area contributed by atoms with Crippen molar-refractivity contribution in [3.8, 4) is 0 Å². The summed E-state index contributed by atoms with van der Waals surface area (Å²) in [6, 6.07) is 30.4. The van der Waals surface area contributed by atoms with E-state index in [1.54, 1.807) is 0 Å². The van der Waals surface area contributed by atoms with Crippen LogP contribution in [0.5, 0.6) is 0 Å². The molecule has 3 aromatic rings. The highest BCUT2D eigenvalue weighted by Crippen LogP contribution is 2.35. The van der Waals surface area contributed by atoms with E-state index in [4.69, 9.17) is 14.2 Å². The summed E-state index contributed by atoms with van der Waals surface area (Å²) < 4.78 is 19.0. The molecule has 4 atom stereocenters. The van der Waals surface area contributed by atoms with Gasteiger partial charge in [-0.05, 0) is 23.1 Å². The second kappa shape index (κ2) is 11.2. The largest absolute Gasteiger partial charge is 0.396 e. The molecule has 0 unspecified atom stereocenters. The van der Waals surface area contributed by atoms with Crippen molar-refractivity contribution in [2.45, 2.75) is 44.6 Å². The van der Waals surface area contributed by atoms with Crippen LogP contribution in [-0.4, -0.2) is 30.0 Å². The van der Waals surface area contributed by atoms with Gasteiger partial charge in [0.2, 0.25) is 0 Å². The van der Waals surface area contributed by atoms with E-state index in [1.165, 1.54) is 0 Å². The van der Waals surface area contributed by atoms with Gasteiger partial charge in [-0.15, -0.1) is 0 Å². The summed E-state index contributed by atoms with van der Waals surface area (Å²) in [5.74, 6) is -0.0229. The van der Waals surface area contributed by atoms with Gasteiger partial charge in [0.15, 0.2) is 0 Å². The van der Waals surface area contributed by atoms with Gasteiger partial charge in [-0.3, -0.25) is 0 Å². The first-order chi connectivity index (χ1) is 15.3. The Morgan fingerprint density at radius 1 is 0.581 bits per heavy atom. The van der Waals surface area contributed by atoms with Crippen LogP contribution in [0.4, 0.5) is 0 Å². The molecule has 0 heterocycles. The van der Waals surface area contributed by atoms with Crippen LogP contribution in [0.1, 0.15) is 23.1 Å². The lowest BCUT2D eigenvalue weighted by molar-refractivity contribution is -0.128. The summed E-state index contributed by atoms with van der Waals surface area (Å²) in [6.45, 7) is 1.54. The molecule has 162 valence electrons. The summed E-state index contributed by atoms with van der Waals surface area (Å²) in [7, 11) is 0. The van der Waals surface area contributed by atoms with E-state index in [-0.39, 0.29) is 30.8 Å². The lowest BCUT2D eigenvalue weighted by Crippen LogP contribution is -2.37. The van der Waals surface area contributed by atoms with Gasteiger partial charge in [-0.25, -0.2) is 0 Å². The minimum absolute atomic E-state index is 0.0229. The molecular weight excluding hydrogens is 388 g/mol. The lowest BCUT2D eigenvalue weighted by atomic mass is 10.1. The highest BCUT2D eigenvalue weighted by Gasteiger charge is 2.45. The number of hydrogen-bond acceptors (Lipinski definition) is 4. The Bertz CT molecular complexity index is 885. The number of benzene rings is 3. The number of aliphatic hydroxyl groups is 1. The van der Waals surface area contributed by atoms with Gasteiger partial charge in [0.05, 0.1) is 32.0 Å². The molecule has 3 aromatic carbocycles. The molecule has 0 bridgehead atoms. The fourth-order valence-electron chi connectivity index (χ4n) is 4.13. The van der Waals surface area contributed by atoms with Crippen LogP contribution in [-0.2, 0) is 34.0 Å². The highest BCUT2D eigenvalue weighted by atomic mass is 16.6. The number of hydrogen-bond donors (Lipinski definition) is 1. The van der Waals surface area contributed by atoms with Gasteiger partial charge in [-0.1, -0.05) is 91.0 Å². The number of aliphatic hydroxyl groups excluding tert-OH is 1. The highest BCUT2D eigenvalue weighted by molar-refractivity contribution is 5.15. The predicted octanol–water partition coefficient (Wildman–Crippen LogP) is 4.75. The smallest absolute Gasteiger partial charge is 0.111 e. The van der Waals surface area contributed by atoms with E-state index >= 15 is 0 Å². The van der Waals surface area contributed by atoms with Crippen molar-refractivity contribution in [3.63, 3.8) is 0 Å². The Balaban J connectivity index is 1.46. The Morgan fingerprint density at radius 2 is 1.00 bits per heavy atom. The topological polar surface area (TPSA) is 47.9 Å². The third-order valence-corrected chi connectivity index (χ3v) is 5.80. The van der Waals surface area contributed by atoms with Crippen LogP contribution in [0.3, 0.4) is 0 Å². The van der Waals surface area contributed by atoms with Crippen LogP contribution in [0.25, 0.3) is 0 Å². The average Bonchev–Trinajstić information content (AvgIpc) is 3.18. The summed E-state index contributed by atoms with van der Waals surface area (Å²) in [6.07, 6.45) is 0.101. The molecule has 0 amide bonds. The molecule has 0 aromatic heterocycles. The Labute approximate surface area is 184 Å². The molecule has 1 aliphatic carbocycles. The van der Waals surface area contributed by atoms with Crippen molar-refractivity contribution in [2.24, 2.45) is 5.92 Å². The molecule has 4 rings (SSSR count). The maximum atomic E-state index is 10.0. The standard InChI is InChI=1S/C27H30O4/c28-17-24-16-25(29-18-21-10-4-1-5-11-21)27(31-20-23-14-8-3-9-15-23)26(24)30-19-22-12-6-2-7-13-22/h1-15,24-28H,16-20H2/t24-,25-,26-,27+/m0/s1. The zero-order valence-electron chi connectivity index (χ0n) is 17.7. The van der Waals surface area contributed by atoms with Crippen LogP contribution < -0.4 is 0 Å². The lowest BCUT2D eigenvalue weighted by Gasteiger charge is -2.27. The minimum atomic E-state index is -0.246. The third-order valence-electron chi connectivity index (χ3n) is 5.80. The first-order valence-corrected chi connectivity index (χ1v) is 10.9. The van der Waals surface area contributed by atoms with Crippen LogP contribution in [0.15, 0.2) is 91.0 Å². The molecule has 0 radical (unpaired) electrons. The summed E-state index contributed by atoms with van der Waals surface area (Å²) in [4.78, 5) is 0. The van der Waals surface area contributed by atoms with Crippen molar-refractivity contribution in [3.05, 3.63) is 108 Å². The number of rotatable bonds is 10. The minimum Gasteiger partial charge on any atom is -0.396 e. The van der Waals surface area contributed by atoms with E-state index in [1.807, 2.05) is 66.7 Å². The second-order valence-corrected chi connectivity index (χ2v) is 8.04. The summed E-state index contributed by atoms with van der Waals surface area (Å²) in [5.41, 5.74) is 3.34. The molecule has 31 heavy (non-hydrogen) atoms. The monoisotopic (exact) mass is 418 g/mol. The molecule has 1 N–H and O–H groups in total. The van der Waals surface area contributed by atoms with Gasteiger partial charge >= 0.3 is 0 Å². The average molecular weight is 419 g/mol. The van der Waals surface area contributed by atoms with E-state index in [0.29, 0.717) is 26.2 Å². The van der Waals surface area contributed by atoms with Crippen molar-refractivity contribution in [1.82, 2.24) is 0 Å². The molecule has 0 aliphatic heterocycles. The maximum absolute atomic E-state index is 10.0. The first kappa shape index (κ1) is 21.7. The van der Waals surface area contributed by atoms with Crippen molar-refractivity contribution >= 4 is 0 Å². The van der Waals surface area contributed by atoms with Crippen LogP contribution in [0.2, 0.25) is 0 Å². The van der Waals surface area contributed by atoms with E-state index in [2.05, 4.69) is 24.3 Å². The van der Waals surface area contributed by atoms with Gasteiger partial charge in [-0.2, -0.15) is 0 Å². The van der Waals surface area contributed by atoms with Crippen LogP contribution >= 0.6 is 0 Å². The van der Waals surface area contributed by atoms with E-state index in [9.17, 15) is 5.11 Å². The third kappa shape index (κ3) is 6.02. The Kier molecular flexibility index (Phi) is 7.86. The zero-order chi connectivity index (χ0) is 21.3. The van der Waals surface area contributed by atoms with Gasteiger partial charge < -0.3 is 19.3 Å². The molecule has 1 aliphatic rings. The van der Waals surface area contributed by atoms with Crippen LogP contribution in [0, 0.1) is 5.92 Å². The SMILES string of the molecule is OC[C@@H]1C[C@H](OCc2ccccc2)[C@@H](OCc2ccccc2)[C@H]1OCc1ccccc1. The fraction of sp³-hybridized carbons (Fsp3) is 0.333. The molecule has 0 spiro atoms. The Hall–Kier alpha value is -2.50. The first-order valence-electron chi connectivity index (χ1n) is 10.9. The molecule has 4 heteroatoms. The number of ether oxygens (including phenoxy) is 3. The van der Waals surface area contributed by atoms with E-state index < -0.39 is 0 Å². The molecular formula is C27H30O4. The molecule has 1 fully saturated rings. The normalized spacial score (nSPS) is 23.1. The predicted molar refractivity (Wildman–Crippen MR) is 120 cm³/mol. The quantitative estimate of drug-likeness (QED) is 0.516. The maximum Gasteiger partial charge on any atom is 0.111 e. The Morgan fingerprint density at radius 3 is 1.45 bits per heavy atom. The van der Waals surface area contributed by atoms with Gasteiger partial charge in [0.25, 0.3) is 0 Å². The zero-order valence-corrected chi connectivity index (χ0v) is 17.7. The summed E-state index contributed by atoms with van der Waals surface area (Å²) in [5, 5.41) is 10.0. The molecule has 0 saturated heterocycles. The fourth-order valence-corrected chi connectivity index (χ4v) is 4.13. The van der Waals surface area contributed by atoms with Gasteiger partial charge in [0, 0.05) is 12.5 Å². The van der Waals surface area contributed by atoms with Crippen molar-refractivity contribution in [1.29, 1.82) is 0 Å². The summed E-state index contributed by atoms with van der Waals surface area (Å²) >= 11 is 0. The van der Waals surface area contributed by atoms with Crippen molar-refractivity contribution < 1.29 is 19.3 Å².